The first-order valence-corrected chi connectivity index (χ1v) is 9.70. The predicted octanol–water partition coefficient (Wildman–Crippen LogP) is 3.43. The van der Waals surface area contributed by atoms with Crippen LogP contribution in [0.15, 0.2) is 48.5 Å². The summed E-state index contributed by atoms with van der Waals surface area (Å²) < 4.78 is 0. The van der Waals surface area contributed by atoms with Gasteiger partial charge in [-0.1, -0.05) is 23.7 Å². The van der Waals surface area contributed by atoms with Gasteiger partial charge < -0.3 is 14.7 Å². The lowest BCUT2D eigenvalue weighted by molar-refractivity contribution is -0.117. The fourth-order valence-corrected chi connectivity index (χ4v) is 4.00. The number of hydrogen-bond donors (Lipinski definition) is 0. The number of anilines is 2. The van der Waals surface area contributed by atoms with Crippen LogP contribution in [0.3, 0.4) is 0 Å². The summed E-state index contributed by atoms with van der Waals surface area (Å²) in [5.41, 5.74) is 2.56. The summed E-state index contributed by atoms with van der Waals surface area (Å²) >= 11 is 6.28. The number of carbonyl (C=O) groups is 2. The van der Waals surface area contributed by atoms with Crippen LogP contribution in [0, 0.1) is 0 Å². The van der Waals surface area contributed by atoms with Crippen molar-refractivity contribution in [1.82, 2.24) is 4.90 Å². The predicted molar refractivity (Wildman–Crippen MR) is 108 cm³/mol. The van der Waals surface area contributed by atoms with Gasteiger partial charge in [0, 0.05) is 50.4 Å². The molecule has 0 spiro atoms. The molecule has 0 atom stereocenters. The summed E-state index contributed by atoms with van der Waals surface area (Å²) in [5, 5.41) is 0.740. The van der Waals surface area contributed by atoms with Crippen LogP contribution >= 0.6 is 11.6 Å². The number of rotatable bonds is 3. The normalized spacial score (nSPS) is 17.5. The standard InChI is InChI=1S/C21H22ClN3O2/c22-18-4-1-2-5-19(18)23-12-14-24(15-13-23)21(27)16-7-9-17(10-8-16)25-11-3-6-20(25)26/h1-2,4-5,7-10H,3,6,11-15H2. The van der Waals surface area contributed by atoms with E-state index in [1.807, 2.05) is 53.4 Å². The third-order valence-corrected chi connectivity index (χ3v) is 5.58. The molecular formula is C21H22ClN3O2. The second-order valence-electron chi connectivity index (χ2n) is 6.93. The zero-order valence-corrected chi connectivity index (χ0v) is 15.9. The maximum atomic E-state index is 12.8. The third kappa shape index (κ3) is 3.65. The van der Waals surface area contributed by atoms with Crippen LogP contribution in [0.25, 0.3) is 0 Å². The van der Waals surface area contributed by atoms with Crippen LogP contribution in [0.5, 0.6) is 0 Å². The van der Waals surface area contributed by atoms with E-state index in [1.165, 1.54) is 0 Å². The Morgan fingerprint density at radius 3 is 2.22 bits per heavy atom. The largest absolute Gasteiger partial charge is 0.367 e. The molecule has 2 aliphatic rings. The first-order valence-electron chi connectivity index (χ1n) is 9.33. The minimum absolute atomic E-state index is 0.0353. The Morgan fingerprint density at radius 2 is 1.59 bits per heavy atom. The monoisotopic (exact) mass is 383 g/mol. The molecule has 140 valence electrons. The average molecular weight is 384 g/mol. The van der Waals surface area contributed by atoms with Gasteiger partial charge in [0.2, 0.25) is 5.91 Å². The van der Waals surface area contributed by atoms with E-state index in [9.17, 15) is 9.59 Å². The molecule has 2 aromatic rings. The zero-order valence-electron chi connectivity index (χ0n) is 15.1. The minimum atomic E-state index is 0.0353. The van der Waals surface area contributed by atoms with Gasteiger partial charge in [-0.3, -0.25) is 9.59 Å². The van der Waals surface area contributed by atoms with Crippen molar-refractivity contribution in [3.05, 3.63) is 59.1 Å². The molecule has 27 heavy (non-hydrogen) atoms. The number of nitrogens with zero attached hydrogens (tertiary/aromatic N) is 3. The summed E-state index contributed by atoms with van der Waals surface area (Å²) in [5.74, 6) is 0.192. The first kappa shape index (κ1) is 17.9. The van der Waals surface area contributed by atoms with Gasteiger partial charge in [-0.25, -0.2) is 0 Å². The highest BCUT2D eigenvalue weighted by Crippen LogP contribution is 2.26. The maximum Gasteiger partial charge on any atom is 0.253 e. The molecule has 0 aromatic heterocycles. The SMILES string of the molecule is O=C(c1ccc(N2CCCC2=O)cc1)N1CCN(c2ccccc2Cl)CC1. The lowest BCUT2D eigenvalue weighted by atomic mass is 10.1. The van der Waals surface area contributed by atoms with E-state index in [0.29, 0.717) is 25.1 Å². The highest BCUT2D eigenvalue weighted by atomic mass is 35.5. The lowest BCUT2D eigenvalue weighted by Gasteiger charge is -2.36. The van der Waals surface area contributed by atoms with Crippen LogP contribution in [0.2, 0.25) is 5.02 Å². The molecule has 2 saturated heterocycles. The Morgan fingerprint density at radius 1 is 0.889 bits per heavy atom. The van der Waals surface area contributed by atoms with E-state index in [2.05, 4.69) is 4.90 Å². The number of para-hydroxylation sites is 1. The minimum Gasteiger partial charge on any atom is -0.367 e. The smallest absolute Gasteiger partial charge is 0.253 e. The van der Waals surface area contributed by atoms with E-state index >= 15 is 0 Å². The molecule has 2 fully saturated rings. The van der Waals surface area contributed by atoms with Crippen molar-refractivity contribution in [3.8, 4) is 0 Å². The number of amides is 2. The van der Waals surface area contributed by atoms with Crippen LogP contribution in [-0.4, -0.2) is 49.4 Å². The Hall–Kier alpha value is -2.53. The van der Waals surface area contributed by atoms with Gasteiger partial charge in [-0.2, -0.15) is 0 Å². The Balaban J connectivity index is 1.39. The van der Waals surface area contributed by atoms with Crippen LogP contribution < -0.4 is 9.80 Å². The number of halogens is 1. The van der Waals surface area contributed by atoms with Crippen LogP contribution in [0.1, 0.15) is 23.2 Å². The maximum absolute atomic E-state index is 12.8. The van der Waals surface area contributed by atoms with E-state index in [-0.39, 0.29) is 11.8 Å². The third-order valence-electron chi connectivity index (χ3n) is 5.26. The summed E-state index contributed by atoms with van der Waals surface area (Å²) in [6.07, 6.45) is 1.51. The van der Waals surface area contributed by atoms with E-state index < -0.39 is 0 Å². The average Bonchev–Trinajstić information content (AvgIpc) is 3.14. The van der Waals surface area contributed by atoms with Crippen molar-refractivity contribution in [3.63, 3.8) is 0 Å². The fraction of sp³-hybridized carbons (Fsp3) is 0.333. The number of carbonyl (C=O) groups excluding carboxylic acids is 2. The highest BCUT2D eigenvalue weighted by molar-refractivity contribution is 6.33. The molecular weight excluding hydrogens is 362 g/mol. The highest BCUT2D eigenvalue weighted by Gasteiger charge is 2.24. The second-order valence-corrected chi connectivity index (χ2v) is 7.33. The lowest BCUT2D eigenvalue weighted by Crippen LogP contribution is -2.48. The van der Waals surface area contributed by atoms with Crippen molar-refractivity contribution >= 4 is 34.8 Å². The second kappa shape index (κ2) is 7.61. The molecule has 5 nitrogen and oxygen atoms in total. The van der Waals surface area contributed by atoms with Crippen LogP contribution in [-0.2, 0) is 4.79 Å². The van der Waals surface area contributed by atoms with E-state index in [1.54, 1.807) is 4.90 Å². The molecule has 4 rings (SSSR count). The summed E-state index contributed by atoms with van der Waals surface area (Å²) in [6, 6.07) is 15.2. The molecule has 6 heteroatoms. The van der Waals surface area contributed by atoms with Gasteiger partial charge in [-0.15, -0.1) is 0 Å². The Kier molecular flexibility index (Phi) is 5.03. The first-order chi connectivity index (χ1) is 13.1. The van der Waals surface area contributed by atoms with E-state index in [0.717, 1.165) is 42.5 Å². The van der Waals surface area contributed by atoms with Crippen molar-refractivity contribution in [1.29, 1.82) is 0 Å². The molecule has 0 aliphatic carbocycles. The molecule has 2 amide bonds. The zero-order chi connectivity index (χ0) is 18.8. The topological polar surface area (TPSA) is 43.9 Å². The molecule has 0 saturated carbocycles. The van der Waals surface area contributed by atoms with Crippen LogP contribution in [0.4, 0.5) is 11.4 Å². The molecule has 2 aromatic carbocycles. The van der Waals surface area contributed by atoms with Crippen molar-refractivity contribution in [2.24, 2.45) is 0 Å². The summed E-state index contributed by atoms with van der Waals surface area (Å²) in [4.78, 5) is 30.5. The van der Waals surface area contributed by atoms with Gasteiger partial charge in [0.15, 0.2) is 0 Å². The van der Waals surface area contributed by atoms with Gasteiger partial charge in [0.1, 0.15) is 0 Å². The number of hydrogen-bond acceptors (Lipinski definition) is 3. The Labute approximate surface area is 164 Å². The summed E-state index contributed by atoms with van der Waals surface area (Å²) in [6.45, 7) is 3.61. The van der Waals surface area contributed by atoms with E-state index in [4.69, 9.17) is 11.6 Å². The number of piperazine rings is 1. The molecule has 0 N–H and O–H groups in total. The van der Waals surface area contributed by atoms with Gasteiger partial charge in [0.05, 0.1) is 10.7 Å². The van der Waals surface area contributed by atoms with Crippen molar-refractivity contribution in [2.75, 3.05) is 42.5 Å². The Bertz CT molecular complexity index is 845. The van der Waals surface area contributed by atoms with Gasteiger partial charge in [-0.05, 0) is 42.8 Å². The molecule has 2 heterocycles. The van der Waals surface area contributed by atoms with Gasteiger partial charge >= 0.3 is 0 Å². The number of benzene rings is 2. The van der Waals surface area contributed by atoms with Gasteiger partial charge in [0.25, 0.3) is 5.91 Å². The molecule has 0 radical (unpaired) electrons. The summed E-state index contributed by atoms with van der Waals surface area (Å²) in [7, 11) is 0. The van der Waals surface area contributed by atoms with Crippen molar-refractivity contribution < 1.29 is 9.59 Å². The van der Waals surface area contributed by atoms with Crippen molar-refractivity contribution in [2.45, 2.75) is 12.8 Å². The molecule has 2 aliphatic heterocycles. The fourth-order valence-electron chi connectivity index (χ4n) is 3.75. The quantitative estimate of drug-likeness (QED) is 0.815. The molecule has 0 bridgehead atoms. The molecule has 0 unspecified atom stereocenters.